The number of benzene rings is 3. The second-order valence-corrected chi connectivity index (χ2v) is 8.56. The van der Waals surface area contributed by atoms with Gasteiger partial charge in [0, 0.05) is 19.7 Å². The molecule has 1 aromatic heterocycles. The van der Waals surface area contributed by atoms with E-state index in [2.05, 4.69) is 10.0 Å². The van der Waals surface area contributed by atoms with Gasteiger partial charge in [0.25, 0.3) is 15.9 Å². The summed E-state index contributed by atoms with van der Waals surface area (Å²) in [5.74, 6) is -0.996. The number of hydrogen-bond donors (Lipinski definition) is 2. The zero-order valence-electron chi connectivity index (χ0n) is 16.5. The molecule has 1 amide bonds. The van der Waals surface area contributed by atoms with Crippen molar-refractivity contribution in [1.29, 1.82) is 0 Å². The van der Waals surface area contributed by atoms with Crippen LogP contribution in [-0.4, -0.2) is 18.9 Å². The number of carbonyl (C=O) groups excluding carboxylic acids is 1. The first-order chi connectivity index (χ1) is 14.8. The molecule has 4 aromatic rings. The number of aromatic nitrogens is 1. The molecular weight excluding hydrogens is 418 g/mol. The van der Waals surface area contributed by atoms with Crippen LogP contribution in [-0.2, 0) is 23.6 Å². The highest BCUT2D eigenvalue weighted by molar-refractivity contribution is 7.92. The third-order valence-corrected chi connectivity index (χ3v) is 6.15. The van der Waals surface area contributed by atoms with Gasteiger partial charge in [-0.2, -0.15) is 0 Å². The van der Waals surface area contributed by atoms with E-state index in [1.54, 1.807) is 12.1 Å². The van der Waals surface area contributed by atoms with Crippen LogP contribution in [0.2, 0.25) is 0 Å². The molecule has 2 N–H and O–H groups in total. The van der Waals surface area contributed by atoms with E-state index < -0.39 is 21.7 Å². The quantitative estimate of drug-likeness (QED) is 0.482. The molecule has 1 heterocycles. The van der Waals surface area contributed by atoms with Gasteiger partial charge in [0.15, 0.2) is 5.58 Å². The molecule has 0 saturated carbocycles. The molecule has 8 nitrogen and oxygen atoms in total. The summed E-state index contributed by atoms with van der Waals surface area (Å²) < 4.78 is 34.7. The van der Waals surface area contributed by atoms with Crippen LogP contribution in [0.1, 0.15) is 15.9 Å². The lowest BCUT2D eigenvalue weighted by Crippen LogP contribution is -2.25. The largest absolute Gasteiger partial charge is 0.419 e. The number of carbonyl (C=O) groups is 1. The highest BCUT2D eigenvalue weighted by atomic mass is 32.2. The minimum atomic E-state index is -4.03. The number of hydrogen-bond acceptors (Lipinski definition) is 5. The lowest BCUT2D eigenvalue weighted by atomic mass is 10.1. The fraction of sp³-hybridized carbons (Fsp3) is 0.0909. The second kappa shape index (κ2) is 8.11. The number of fused-ring (bicyclic) bond motifs is 1. The van der Waals surface area contributed by atoms with Crippen molar-refractivity contribution in [2.75, 3.05) is 4.72 Å². The van der Waals surface area contributed by atoms with E-state index in [0.29, 0.717) is 12.1 Å². The highest BCUT2D eigenvalue weighted by Crippen LogP contribution is 2.23. The van der Waals surface area contributed by atoms with Gasteiger partial charge in [0.05, 0.1) is 21.7 Å². The minimum absolute atomic E-state index is 0.0890. The Bertz CT molecular complexity index is 1420. The zero-order valence-corrected chi connectivity index (χ0v) is 17.3. The van der Waals surface area contributed by atoms with Crippen LogP contribution in [0.25, 0.3) is 11.1 Å². The number of aryl methyl sites for hydroxylation is 1. The second-order valence-electron chi connectivity index (χ2n) is 6.88. The van der Waals surface area contributed by atoms with Crippen molar-refractivity contribution in [2.24, 2.45) is 7.05 Å². The van der Waals surface area contributed by atoms with E-state index in [1.165, 1.54) is 41.9 Å². The number of oxazole rings is 1. The molecule has 0 unspecified atom stereocenters. The Labute approximate surface area is 178 Å². The Morgan fingerprint density at radius 3 is 2.48 bits per heavy atom. The van der Waals surface area contributed by atoms with E-state index in [-0.39, 0.29) is 21.7 Å². The van der Waals surface area contributed by atoms with Crippen LogP contribution in [0.5, 0.6) is 0 Å². The van der Waals surface area contributed by atoms with Gasteiger partial charge in [0.2, 0.25) is 0 Å². The van der Waals surface area contributed by atoms with Crippen LogP contribution >= 0.6 is 0 Å². The van der Waals surface area contributed by atoms with Crippen molar-refractivity contribution >= 4 is 32.7 Å². The maximum atomic E-state index is 12.9. The standard InChI is InChI=1S/C22H19N3O5S/c1-25-19-12-11-16(13-20(19)30-22(25)27)31(28,29)24-18-10-6-5-9-17(18)21(26)23-14-15-7-3-2-4-8-15/h2-13,24H,14H2,1H3,(H,23,26). The maximum Gasteiger partial charge on any atom is 0.419 e. The summed E-state index contributed by atoms with van der Waals surface area (Å²) >= 11 is 0. The molecule has 0 aliphatic rings. The summed E-state index contributed by atoms with van der Waals surface area (Å²) in [4.78, 5) is 24.2. The smallest absolute Gasteiger partial charge is 0.408 e. The molecular formula is C22H19N3O5S. The van der Waals surface area contributed by atoms with Crippen LogP contribution in [0.15, 0.2) is 86.9 Å². The monoisotopic (exact) mass is 437 g/mol. The number of nitrogens with one attached hydrogen (secondary N) is 2. The lowest BCUT2D eigenvalue weighted by Gasteiger charge is -2.13. The van der Waals surface area contributed by atoms with Crippen LogP contribution in [0.4, 0.5) is 5.69 Å². The summed E-state index contributed by atoms with van der Waals surface area (Å²) in [7, 11) is -2.50. The Morgan fingerprint density at radius 2 is 1.71 bits per heavy atom. The fourth-order valence-corrected chi connectivity index (χ4v) is 4.22. The third-order valence-electron chi connectivity index (χ3n) is 4.79. The molecule has 0 fully saturated rings. The van der Waals surface area contributed by atoms with E-state index >= 15 is 0 Å². The highest BCUT2D eigenvalue weighted by Gasteiger charge is 2.20. The van der Waals surface area contributed by atoms with Gasteiger partial charge in [-0.1, -0.05) is 42.5 Å². The Kier molecular flexibility index (Phi) is 5.35. The average Bonchev–Trinajstić information content (AvgIpc) is 3.06. The molecule has 0 spiro atoms. The number of amides is 1. The normalized spacial score (nSPS) is 11.4. The van der Waals surface area contributed by atoms with E-state index in [1.807, 2.05) is 30.3 Å². The summed E-state index contributed by atoms with van der Waals surface area (Å²) in [6.07, 6.45) is 0. The van der Waals surface area contributed by atoms with Gasteiger partial charge >= 0.3 is 5.76 Å². The van der Waals surface area contributed by atoms with Gasteiger partial charge in [0.1, 0.15) is 0 Å². The molecule has 9 heteroatoms. The van der Waals surface area contributed by atoms with Gasteiger partial charge in [-0.25, -0.2) is 13.2 Å². The van der Waals surface area contributed by atoms with E-state index in [9.17, 15) is 18.0 Å². The Hall–Kier alpha value is -3.85. The minimum Gasteiger partial charge on any atom is -0.408 e. The van der Waals surface area contributed by atoms with Gasteiger partial charge < -0.3 is 9.73 Å². The predicted molar refractivity (Wildman–Crippen MR) is 116 cm³/mol. The molecule has 31 heavy (non-hydrogen) atoms. The Balaban J connectivity index is 1.59. The maximum absolute atomic E-state index is 12.9. The van der Waals surface area contributed by atoms with E-state index in [4.69, 9.17) is 4.42 Å². The van der Waals surface area contributed by atoms with Crippen LogP contribution < -0.4 is 15.8 Å². The summed E-state index contributed by atoms with van der Waals surface area (Å²) in [6.45, 7) is 0.310. The average molecular weight is 437 g/mol. The van der Waals surface area contributed by atoms with Crippen molar-refractivity contribution in [3.8, 4) is 0 Å². The van der Waals surface area contributed by atoms with E-state index in [0.717, 1.165) is 5.56 Å². The summed E-state index contributed by atoms with van der Waals surface area (Å²) in [6, 6.07) is 19.9. The fourth-order valence-electron chi connectivity index (χ4n) is 3.13. The summed E-state index contributed by atoms with van der Waals surface area (Å²) in [5.41, 5.74) is 1.89. The SMILES string of the molecule is Cn1c(=O)oc2cc(S(=O)(=O)Nc3ccccc3C(=O)NCc3ccccc3)ccc21. The molecule has 3 aromatic carbocycles. The molecule has 158 valence electrons. The molecule has 0 aliphatic carbocycles. The summed E-state index contributed by atoms with van der Waals surface area (Å²) in [5, 5.41) is 2.79. The first kappa shape index (κ1) is 20.4. The van der Waals surface area contributed by atoms with Crippen LogP contribution in [0, 0.1) is 0 Å². The van der Waals surface area contributed by atoms with Crippen molar-refractivity contribution in [3.05, 3.63) is 94.5 Å². The van der Waals surface area contributed by atoms with Gasteiger partial charge in [-0.05, 0) is 29.8 Å². The van der Waals surface area contributed by atoms with Crippen molar-refractivity contribution in [1.82, 2.24) is 9.88 Å². The molecule has 0 atom stereocenters. The molecule has 4 rings (SSSR count). The van der Waals surface area contributed by atoms with Gasteiger partial charge in [-0.15, -0.1) is 0 Å². The molecule has 0 saturated heterocycles. The number of para-hydroxylation sites is 1. The van der Waals surface area contributed by atoms with Crippen molar-refractivity contribution in [3.63, 3.8) is 0 Å². The first-order valence-electron chi connectivity index (χ1n) is 9.39. The molecule has 0 bridgehead atoms. The third kappa shape index (κ3) is 4.22. The number of sulfonamides is 1. The Morgan fingerprint density at radius 1 is 1.00 bits per heavy atom. The zero-order chi connectivity index (χ0) is 22.0. The molecule has 0 aliphatic heterocycles. The number of rotatable bonds is 6. The predicted octanol–water partition coefficient (Wildman–Crippen LogP) is 2.86. The first-order valence-corrected chi connectivity index (χ1v) is 10.9. The van der Waals surface area contributed by atoms with Crippen molar-refractivity contribution < 1.29 is 17.6 Å². The number of nitrogens with zero attached hydrogens (tertiary/aromatic N) is 1. The number of anilines is 1. The topological polar surface area (TPSA) is 110 Å². The van der Waals surface area contributed by atoms with Crippen LogP contribution in [0.3, 0.4) is 0 Å². The lowest BCUT2D eigenvalue weighted by molar-refractivity contribution is 0.0952. The van der Waals surface area contributed by atoms with Crippen molar-refractivity contribution in [2.45, 2.75) is 11.4 Å². The molecule has 0 radical (unpaired) electrons. The van der Waals surface area contributed by atoms with Gasteiger partial charge in [-0.3, -0.25) is 14.1 Å².